The number of halogens is 2. The Bertz CT molecular complexity index is 358. The van der Waals surface area contributed by atoms with Gasteiger partial charge in [-0.1, -0.05) is 15.9 Å². The predicted octanol–water partition coefficient (Wildman–Crippen LogP) is 2.91. The van der Waals surface area contributed by atoms with Gasteiger partial charge in [-0.3, -0.25) is 0 Å². The highest BCUT2D eigenvalue weighted by molar-refractivity contribution is 9.10. The molecule has 2 atom stereocenters. The summed E-state index contributed by atoms with van der Waals surface area (Å²) in [7, 11) is 0. The van der Waals surface area contributed by atoms with Crippen LogP contribution in [0.5, 0.6) is 0 Å². The SMILES string of the molecule is O[C@H]1CCC[C@@H]1Nc1ccc(Br)cc1F. The van der Waals surface area contributed by atoms with E-state index >= 15 is 0 Å². The summed E-state index contributed by atoms with van der Waals surface area (Å²) in [6.45, 7) is 0. The summed E-state index contributed by atoms with van der Waals surface area (Å²) in [4.78, 5) is 0. The summed E-state index contributed by atoms with van der Waals surface area (Å²) in [5, 5.41) is 12.6. The van der Waals surface area contributed by atoms with E-state index in [0.717, 1.165) is 23.7 Å². The molecule has 0 aliphatic heterocycles. The van der Waals surface area contributed by atoms with Crippen molar-refractivity contribution in [3.63, 3.8) is 0 Å². The van der Waals surface area contributed by atoms with Gasteiger partial charge in [0.05, 0.1) is 17.8 Å². The van der Waals surface area contributed by atoms with Gasteiger partial charge in [-0.2, -0.15) is 0 Å². The van der Waals surface area contributed by atoms with Crippen LogP contribution in [0.25, 0.3) is 0 Å². The van der Waals surface area contributed by atoms with Crippen molar-refractivity contribution < 1.29 is 9.50 Å². The molecule has 0 saturated heterocycles. The highest BCUT2D eigenvalue weighted by atomic mass is 79.9. The molecule has 1 fully saturated rings. The first-order valence-electron chi connectivity index (χ1n) is 5.06. The smallest absolute Gasteiger partial charge is 0.147 e. The zero-order chi connectivity index (χ0) is 10.8. The zero-order valence-electron chi connectivity index (χ0n) is 8.21. The van der Waals surface area contributed by atoms with Gasteiger partial charge >= 0.3 is 0 Å². The van der Waals surface area contributed by atoms with Gasteiger partial charge in [0.2, 0.25) is 0 Å². The van der Waals surface area contributed by atoms with Gasteiger partial charge < -0.3 is 10.4 Å². The molecule has 0 heterocycles. The lowest BCUT2D eigenvalue weighted by Gasteiger charge is -2.18. The Morgan fingerprint density at radius 3 is 2.80 bits per heavy atom. The Kier molecular flexibility index (Phi) is 3.26. The standard InChI is InChI=1S/C11H13BrFNO/c12-7-4-5-9(8(13)6-7)14-10-2-1-3-11(10)15/h4-6,10-11,14-15H,1-3H2/t10-,11-/m0/s1. The third-order valence-electron chi connectivity index (χ3n) is 2.75. The van der Waals surface area contributed by atoms with Crippen molar-refractivity contribution in [1.82, 2.24) is 0 Å². The highest BCUT2D eigenvalue weighted by Gasteiger charge is 2.25. The molecule has 0 unspecified atom stereocenters. The van der Waals surface area contributed by atoms with Crippen LogP contribution in [-0.4, -0.2) is 17.3 Å². The van der Waals surface area contributed by atoms with Crippen LogP contribution in [0.1, 0.15) is 19.3 Å². The maximum absolute atomic E-state index is 13.5. The van der Waals surface area contributed by atoms with E-state index in [1.165, 1.54) is 6.07 Å². The van der Waals surface area contributed by atoms with Crippen LogP contribution in [-0.2, 0) is 0 Å². The van der Waals surface area contributed by atoms with Crippen LogP contribution < -0.4 is 5.32 Å². The lowest BCUT2D eigenvalue weighted by atomic mass is 10.2. The Labute approximate surface area is 96.6 Å². The average Bonchev–Trinajstić information content (AvgIpc) is 2.57. The van der Waals surface area contributed by atoms with E-state index in [2.05, 4.69) is 21.2 Å². The van der Waals surface area contributed by atoms with Gasteiger partial charge in [-0.25, -0.2) is 4.39 Å². The van der Waals surface area contributed by atoms with Gasteiger partial charge in [-0.15, -0.1) is 0 Å². The van der Waals surface area contributed by atoms with E-state index in [1.54, 1.807) is 12.1 Å². The average molecular weight is 274 g/mol. The summed E-state index contributed by atoms with van der Waals surface area (Å²) in [6, 6.07) is 4.88. The van der Waals surface area contributed by atoms with Crippen molar-refractivity contribution in [1.29, 1.82) is 0 Å². The number of hydrogen-bond donors (Lipinski definition) is 2. The largest absolute Gasteiger partial charge is 0.391 e. The number of hydrogen-bond acceptors (Lipinski definition) is 2. The van der Waals surface area contributed by atoms with Crippen LogP contribution in [0.3, 0.4) is 0 Å². The van der Waals surface area contributed by atoms with E-state index in [-0.39, 0.29) is 18.0 Å². The van der Waals surface area contributed by atoms with E-state index in [1.807, 2.05) is 0 Å². The van der Waals surface area contributed by atoms with Crippen LogP contribution in [0.4, 0.5) is 10.1 Å². The molecule has 1 aromatic rings. The highest BCUT2D eigenvalue weighted by Crippen LogP contribution is 2.25. The van der Waals surface area contributed by atoms with Gasteiger partial charge in [0, 0.05) is 4.47 Å². The first kappa shape index (κ1) is 10.9. The second-order valence-corrected chi connectivity index (χ2v) is 4.79. The first-order valence-corrected chi connectivity index (χ1v) is 5.86. The van der Waals surface area contributed by atoms with Crippen molar-refractivity contribution >= 4 is 21.6 Å². The minimum absolute atomic E-state index is 0.0133. The molecule has 0 amide bonds. The van der Waals surface area contributed by atoms with Crippen molar-refractivity contribution in [3.8, 4) is 0 Å². The second kappa shape index (κ2) is 4.49. The fourth-order valence-corrected chi connectivity index (χ4v) is 2.25. The van der Waals surface area contributed by atoms with E-state index in [0.29, 0.717) is 5.69 Å². The molecule has 1 aliphatic carbocycles. The Morgan fingerprint density at radius 1 is 1.40 bits per heavy atom. The molecular formula is C11H13BrFNO. The van der Waals surface area contributed by atoms with Crippen LogP contribution in [0.2, 0.25) is 0 Å². The maximum Gasteiger partial charge on any atom is 0.147 e. The lowest BCUT2D eigenvalue weighted by Crippen LogP contribution is -2.28. The van der Waals surface area contributed by atoms with Crippen LogP contribution in [0.15, 0.2) is 22.7 Å². The van der Waals surface area contributed by atoms with Gasteiger partial charge in [0.25, 0.3) is 0 Å². The molecule has 0 spiro atoms. The van der Waals surface area contributed by atoms with Crippen molar-refractivity contribution in [2.24, 2.45) is 0 Å². The van der Waals surface area contributed by atoms with Crippen LogP contribution in [0, 0.1) is 5.82 Å². The molecule has 0 aromatic heterocycles. The van der Waals surface area contributed by atoms with Crippen molar-refractivity contribution in [2.75, 3.05) is 5.32 Å². The second-order valence-electron chi connectivity index (χ2n) is 3.87. The fourth-order valence-electron chi connectivity index (χ4n) is 1.92. The number of rotatable bonds is 2. The number of anilines is 1. The Morgan fingerprint density at radius 2 is 2.20 bits per heavy atom. The molecule has 1 aromatic carbocycles. The van der Waals surface area contributed by atoms with Crippen molar-refractivity contribution in [2.45, 2.75) is 31.4 Å². The van der Waals surface area contributed by atoms with E-state index in [9.17, 15) is 9.50 Å². The molecular weight excluding hydrogens is 261 g/mol. The third-order valence-corrected chi connectivity index (χ3v) is 3.24. The normalized spacial score (nSPS) is 25.5. The quantitative estimate of drug-likeness (QED) is 0.869. The molecule has 4 heteroatoms. The predicted molar refractivity (Wildman–Crippen MR) is 61.4 cm³/mol. The first-order chi connectivity index (χ1) is 7.16. The molecule has 1 saturated carbocycles. The molecule has 2 nitrogen and oxygen atoms in total. The van der Waals surface area contributed by atoms with E-state index < -0.39 is 0 Å². The van der Waals surface area contributed by atoms with E-state index in [4.69, 9.17) is 0 Å². The minimum Gasteiger partial charge on any atom is -0.391 e. The van der Waals surface area contributed by atoms with Gasteiger partial charge in [0.15, 0.2) is 0 Å². The Hall–Kier alpha value is -0.610. The van der Waals surface area contributed by atoms with Crippen LogP contribution >= 0.6 is 15.9 Å². The van der Waals surface area contributed by atoms with Gasteiger partial charge in [-0.05, 0) is 37.5 Å². The molecule has 2 rings (SSSR count). The lowest BCUT2D eigenvalue weighted by molar-refractivity contribution is 0.171. The molecule has 1 aliphatic rings. The van der Waals surface area contributed by atoms with Crippen molar-refractivity contribution in [3.05, 3.63) is 28.5 Å². The number of aliphatic hydroxyl groups excluding tert-OH is 1. The monoisotopic (exact) mass is 273 g/mol. The molecule has 2 N–H and O–H groups in total. The summed E-state index contributed by atoms with van der Waals surface area (Å²) >= 11 is 3.20. The zero-order valence-corrected chi connectivity index (χ0v) is 9.80. The third kappa shape index (κ3) is 2.49. The minimum atomic E-state index is -0.354. The summed E-state index contributed by atoms with van der Waals surface area (Å²) < 4.78 is 14.2. The Balaban J connectivity index is 2.10. The maximum atomic E-state index is 13.5. The summed E-state index contributed by atoms with van der Waals surface area (Å²) in [5.41, 5.74) is 0.462. The summed E-state index contributed by atoms with van der Waals surface area (Å²) in [5.74, 6) is -0.288. The molecule has 15 heavy (non-hydrogen) atoms. The van der Waals surface area contributed by atoms with Gasteiger partial charge in [0.1, 0.15) is 5.82 Å². The number of nitrogens with one attached hydrogen (secondary N) is 1. The molecule has 82 valence electrons. The number of aliphatic hydroxyl groups is 1. The number of benzene rings is 1. The molecule has 0 bridgehead atoms. The molecule has 0 radical (unpaired) electrons. The summed E-state index contributed by atoms with van der Waals surface area (Å²) in [6.07, 6.45) is 2.34. The topological polar surface area (TPSA) is 32.3 Å². The fraction of sp³-hybridized carbons (Fsp3) is 0.455.